The first-order valence-electron chi connectivity index (χ1n) is 5.52. The van der Waals surface area contributed by atoms with E-state index in [1.54, 1.807) is 6.08 Å². The molecule has 0 bridgehead atoms. The number of hydrogen-bond donors (Lipinski definition) is 0. The molecule has 0 saturated heterocycles. The second kappa shape index (κ2) is 5.55. The molecule has 0 aromatic carbocycles. The lowest BCUT2D eigenvalue weighted by molar-refractivity contribution is 0.911. The highest BCUT2D eigenvalue weighted by atomic mass is 14.2. The fourth-order valence-corrected chi connectivity index (χ4v) is 1.85. The van der Waals surface area contributed by atoms with E-state index in [0.29, 0.717) is 0 Å². The summed E-state index contributed by atoms with van der Waals surface area (Å²) >= 11 is 0. The van der Waals surface area contributed by atoms with E-state index >= 15 is 0 Å². The summed E-state index contributed by atoms with van der Waals surface area (Å²) in [5.74, 6) is 0. The highest BCUT2D eigenvalue weighted by molar-refractivity contribution is 5.52. The maximum Gasteiger partial charge on any atom is -0.0201 e. The summed E-state index contributed by atoms with van der Waals surface area (Å²) in [5, 5.41) is 0. The fraction of sp³-hybridized carbons (Fsp3) is 0.333. The van der Waals surface area contributed by atoms with Gasteiger partial charge >= 0.3 is 0 Å². The molecule has 15 heavy (non-hydrogen) atoms. The number of hydrogen-bond acceptors (Lipinski definition) is 0. The van der Waals surface area contributed by atoms with Gasteiger partial charge in [0.25, 0.3) is 0 Å². The zero-order valence-electron chi connectivity index (χ0n) is 9.84. The molecular weight excluding hydrogens is 180 g/mol. The van der Waals surface area contributed by atoms with E-state index in [9.17, 15) is 0 Å². The maximum absolute atomic E-state index is 4.20. The molecule has 1 aliphatic carbocycles. The lowest BCUT2D eigenvalue weighted by Gasteiger charge is -2.10. The van der Waals surface area contributed by atoms with Gasteiger partial charge in [-0.15, -0.1) is 0 Å². The van der Waals surface area contributed by atoms with Crippen molar-refractivity contribution in [1.29, 1.82) is 0 Å². The second-order valence-electron chi connectivity index (χ2n) is 4.11. The molecule has 0 aromatic heterocycles. The van der Waals surface area contributed by atoms with Gasteiger partial charge in [0.05, 0.1) is 0 Å². The summed E-state index contributed by atoms with van der Waals surface area (Å²) in [6.45, 7) is 12.2. The van der Waals surface area contributed by atoms with Crippen LogP contribution >= 0.6 is 0 Å². The largest absolute Gasteiger partial charge is 0.0991 e. The van der Waals surface area contributed by atoms with Crippen molar-refractivity contribution in [2.45, 2.75) is 33.1 Å². The molecule has 0 atom stereocenters. The molecule has 0 amide bonds. The summed E-state index contributed by atoms with van der Waals surface area (Å²) in [5.41, 5.74) is 5.17. The third-order valence-corrected chi connectivity index (χ3v) is 2.69. The van der Waals surface area contributed by atoms with E-state index in [1.165, 1.54) is 41.6 Å². The molecule has 0 aliphatic heterocycles. The molecule has 0 heterocycles. The second-order valence-corrected chi connectivity index (χ2v) is 4.11. The maximum atomic E-state index is 4.20. The Morgan fingerprint density at radius 1 is 1.40 bits per heavy atom. The van der Waals surface area contributed by atoms with Crippen LogP contribution in [-0.4, -0.2) is 0 Å². The van der Waals surface area contributed by atoms with Crippen molar-refractivity contribution in [3.05, 3.63) is 59.8 Å². The third-order valence-electron chi connectivity index (χ3n) is 2.69. The average Bonchev–Trinajstić information content (AvgIpc) is 2.70. The molecule has 1 aliphatic rings. The first-order chi connectivity index (χ1) is 7.16. The van der Waals surface area contributed by atoms with Crippen molar-refractivity contribution in [3.8, 4) is 0 Å². The van der Waals surface area contributed by atoms with Gasteiger partial charge in [0.15, 0.2) is 0 Å². The van der Waals surface area contributed by atoms with E-state index in [-0.39, 0.29) is 0 Å². The predicted octanol–water partition coefficient (Wildman–Crippen LogP) is 4.73. The van der Waals surface area contributed by atoms with Gasteiger partial charge in [0.2, 0.25) is 0 Å². The smallest absolute Gasteiger partial charge is 0.0201 e. The minimum Gasteiger partial charge on any atom is -0.0991 e. The normalized spacial score (nSPS) is 15.2. The quantitative estimate of drug-likeness (QED) is 0.575. The minimum atomic E-state index is 1.18. The predicted molar refractivity (Wildman–Crippen MR) is 68.8 cm³/mol. The van der Waals surface area contributed by atoms with E-state index in [2.05, 4.69) is 39.2 Å². The molecule has 0 fully saturated rings. The Morgan fingerprint density at radius 2 is 2.13 bits per heavy atom. The fourth-order valence-electron chi connectivity index (χ4n) is 1.85. The molecule has 80 valence electrons. The van der Waals surface area contributed by atoms with E-state index < -0.39 is 0 Å². The molecule has 0 aromatic rings. The topological polar surface area (TPSA) is 0 Å². The third kappa shape index (κ3) is 3.09. The van der Waals surface area contributed by atoms with Gasteiger partial charge in [-0.05, 0) is 49.8 Å². The SMILES string of the molecule is C=C/C=C\C(C(=C)C1=CCCC1)=C(C)C. The molecule has 0 spiro atoms. The van der Waals surface area contributed by atoms with E-state index in [0.717, 1.165) is 0 Å². The van der Waals surface area contributed by atoms with Gasteiger partial charge in [0.1, 0.15) is 0 Å². The molecule has 0 radical (unpaired) electrons. The van der Waals surface area contributed by atoms with Crippen LogP contribution in [0.2, 0.25) is 0 Å². The molecule has 1 rings (SSSR count). The molecule has 0 nitrogen and oxygen atoms in total. The monoisotopic (exact) mass is 200 g/mol. The Balaban J connectivity index is 2.91. The zero-order chi connectivity index (χ0) is 11.3. The van der Waals surface area contributed by atoms with Crippen LogP contribution in [-0.2, 0) is 0 Å². The van der Waals surface area contributed by atoms with Gasteiger partial charge < -0.3 is 0 Å². The van der Waals surface area contributed by atoms with Gasteiger partial charge in [-0.1, -0.05) is 43.0 Å². The highest BCUT2D eigenvalue weighted by Crippen LogP contribution is 2.30. The number of rotatable bonds is 4. The summed E-state index contributed by atoms with van der Waals surface area (Å²) < 4.78 is 0. The van der Waals surface area contributed by atoms with Gasteiger partial charge in [-0.25, -0.2) is 0 Å². The van der Waals surface area contributed by atoms with Crippen LogP contribution in [0, 0.1) is 0 Å². The minimum absolute atomic E-state index is 1.18. The van der Waals surface area contributed by atoms with Crippen molar-refractivity contribution in [1.82, 2.24) is 0 Å². The lowest BCUT2D eigenvalue weighted by Crippen LogP contribution is -1.91. The first kappa shape index (κ1) is 11.8. The summed E-state index contributed by atoms with van der Waals surface area (Å²) in [4.78, 5) is 0. The van der Waals surface area contributed by atoms with Crippen molar-refractivity contribution in [3.63, 3.8) is 0 Å². The molecule has 0 unspecified atom stereocenters. The van der Waals surface area contributed by atoms with Crippen LogP contribution in [0.25, 0.3) is 0 Å². The van der Waals surface area contributed by atoms with Gasteiger partial charge in [0, 0.05) is 0 Å². The molecule has 0 N–H and O–H groups in total. The first-order valence-corrected chi connectivity index (χ1v) is 5.52. The van der Waals surface area contributed by atoms with Crippen molar-refractivity contribution < 1.29 is 0 Å². The Hall–Kier alpha value is -1.30. The van der Waals surface area contributed by atoms with Gasteiger partial charge in [-0.3, -0.25) is 0 Å². The van der Waals surface area contributed by atoms with Crippen molar-refractivity contribution >= 4 is 0 Å². The van der Waals surface area contributed by atoms with Crippen LogP contribution in [0.4, 0.5) is 0 Å². The van der Waals surface area contributed by atoms with Crippen molar-refractivity contribution in [2.75, 3.05) is 0 Å². The Bertz CT molecular complexity index is 344. The number of allylic oxidation sites excluding steroid dienone is 8. The van der Waals surface area contributed by atoms with Crippen molar-refractivity contribution in [2.24, 2.45) is 0 Å². The Labute approximate surface area is 93.4 Å². The standard InChI is InChI=1S/C15H20/c1-5-6-11-15(12(2)3)13(4)14-9-7-8-10-14/h5-6,9,11H,1,4,7-8,10H2,2-3H3/b11-6-. The van der Waals surface area contributed by atoms with Crippen LogP contribution in [0.3, 0.4) is 0 Å². The highest BCUT2D eigenvalue weighted by Gasteiger charge is 2.10. The Morgan fingerprint density at radius 3 is 2.60 bits per heavy atom. The van der Waals surface area contributed by atoms with Crippen LogP contribution in [0.15, 0.2) is 59.8 Å². The molecular formula is C15H20. The van der Waals surface area contributed by atoms with E-state index in [4.69, 9.17) is 0 Å². The Kier molecular flexibility index (Phi) is 4.36. The van der Waals surface area contributed by atoms with E-state index in [1.807, 2.05) is 6.08 Å². The average molecular weight is 200 g/mol. The summed E-state index contributed by atoms with van der Waals surface area (Å²) in [7, 11) is 0. The lowest BCUT2D eigenvalue weighted by atomic mass is 9.95. The van der Waals surface area contributed by atoms with Gasteiger partial charge in [-0.2, -0.15) is 0 Å². The zero-order valence-corrected chi connectivity index (χ0v) is 9.84. The molecule has 0 saturated carbocycles. The van der Waals surface area contributed by atoms with Crippen LogP contribution < -0.4 is 0 Å². The van der Waals surface area contributed by atoms with Crippen LogP contribution in [0.5, 0.6) is 0 Å². The van der Waals surface area contributed by atoms with Crippen LogP contribution in [0.1, 0.15) is 33.1 Å². The molecule has 0 heteroatoms. The summed E-state index contributed by atoms with van der Waals surface area (Å²) in [6.07, 6.45) is 11.8. The summed E-state index contributed by atoms with van der Waals surface area (Å²) in [6, 6.07) is 0.